The molecule has 0 unspecified atom stereocenters. The number of unbranched alkanes of at least 4 members (excludes halogenated alkanes) is 1. The monoisotopic (exact) mass is 418 g/mol. The third-order valence-electron chi connectivity index (χ3n) is 4.09. The molecular weight excluding hydrogens is 401 g/mol. The van der Waals surface area contributed by atoms with E-state index in [2.05, 4.69) is 20.2 Å². The predicted molar refractivity (Wildman–Crippen MR) is 95.2 cm³/mol. The molecule has 0 bridgehead atoms. The highest BCUT2D eigenvalue weighted by atomic mass is 32.2. The fraction of sp³-hybridized carbons (Fsp3) is 0.500. The molecule has 0 aromatic carbocycles. The van der Waals surface area contributed by atoms with Gasteiger partial charge in [-0.3, -0.25) is 14.3 Å². The van der Waals surface area contributed by atoms with Crippen molar-refractivity contribution in [2.24, 2.45) is 7.05 Å². The first kappa shape index (κ1) is 20.0. The lowest BCUT2D eigenvalue weighted by Gasteiger charge is -2.06. The Hall–Kier alpha value is -2.77. The van der Waals surface area contributed by atoms with Crippen molar-refractivity contribution >= 4 is 22.9 Å². The molecule has 0 aliphatic heterocycles. The summed E-state index contributed by atoms with van der Waals surface area (Å²) in [6, 6.07) is 0. The van der Waals surface area contributed by atoms with Gasteiger partial charge in [-0.1, -0.05) is 25.1 Å². The Kier molecular flexibility index (Phi) is 5.23. The maximum absolute atomic E-state index is 12.8. The molecule has 0 saturated carbocycles. The van der Waals surface area contributed by atoms with E-state index in [0.29, 0.717) is 17.0 Å². The minimum atomic E-state index is -4.72. The average Bonchev–Trinajstić information content (AvgIpc) is 3.13. The molecule has 0 atom stereocenters. The number of hydrogen-bond donors (Lipinski definition) is 2. The number of aromatic amines is 1. The molecule has 3 aromatic heterocycles. The zero-order valence-corrected chi connectivity index (χ0v) is 15.8. The van der Waals surface area contributed by atoms with Gasteiger partial charge in [-0.2, -0.15) is 13.2 Å². The van der Waals surface area contributed by atoms with Gasteiger partial charge in [0.15, 0.2) is 11.2 Å². The van der Waals surface area contributed by atoms with Gasteiger partial charge in [-0.25, -0.2) is 14.5 Å². The van der Waals surface area contributed by atoms with Gasteiger partial charge in [0.25, 0.3) is 11.4 Å². The van der Waals surface area contributed by atoms with Crippen molar-refractivity contribution in [2.45, 2.75) is 43.4 Å². The highest BCUT2D eigenvalue weighted by molar-refractivity contribution is 7.98. The van der Waals surface area contributed by atoms with Crippen molar-refractivity contribution < 1.29 is 13.2 Å². The summed E-state index contributed by atoms with van der Waals surface area (Å²) in [5.74, 6) is 4.54. The zero-order chi connectivity index (χ0) is 20.6. The molecule has 0 aliphatic rings. The number of nitrogens with two attached hydrogens (primary N) is 1. The number of alkyl halides is 3. The van der Waals surface area contributed by atoms with E-state index < -0.39 is 23.2 Å². The smallest absolute Gasteiger partial charge is 0.335 e. The first-order valence-corrected chi connectivity index (χ1v) is 9.22. The number of nitrogens with zero attached hydrogens (tertiary/aromatic N) is 6. The highest BCUT2D eigenvalue weighted by Gasteiger charge is 2.38. The maximum Gasteiger partial charge on any atom is 0.453 e. The summed E-state index contributed by atoms with van der Waals surface area (Å²) in [6.45, 7) is 2.35. The molecule has 3 aromatic rings. The van der Waals surface area contributed by atoms with Gasteiger partial charge in [0.2, 0.25) is 5.16 Å². The number of thioether (sulfide) groups is 1. The molecular formula is C14H17F3N8O2S. The van der Waals surface area contributed by atoms with Crippen LogP contribution in [0.4, 0.5) is 13.2 Å². The second-order valence-electron chi connectivity index (χ2n) is 5.99. The number of fused-ring (bicyclic) bond motifs is 1. The van der Waals surface area contributed by atoms with E-state index >= 15 is 0 Å². The molecule has 0 spiro atoms. The van der Waals surface area contributed by atoms with Crippen molar-refractivity contribution in [3.05, 3.63) is 32.5 Å². The van der Waals surface area contributed by atoms with E-state index in [1.54, 1.807) is 7.05 Å². The lowest BCUT2D eigenvalue weighted by Crippen LogP contribution is -2.31. The minimum Gasteiger partial charge on any atom is -0.335 e. The number of aromatic nitrogens is 7. The van der Waals surface area contributed by atoms with Crippen LogP contribution in [0.1, 0.15) is 31.4 Å². The first-order chi connectivity index (χ1) is 13.1. The summed E-state index contributed by atoms with van der Waals surface area (Å²) in [5, 5.41) is 6.34. The molecule has 14 heteroatoms. The molecule has 3 N–H and O–H groups in total. The quantitative estimate of drug-likeness (QED) is 0.448. The van der Waals surface area contributed by atoms with E-state index in [-0.39, 0.29) is 22.1 Å². The highest BCUT2D eigenvalue weighted by Crippen LogP contribution is 2.29. The Morgan fingerprint density at radius 3 is 2.57 bits per heavy atom. The van der Waals surface area contributed by atoms with Crippen LogP contribution in [0.5, 0.6) is 0 Å². The number of H-pyrrole nitrogens is 1. The zero-order valence-electron chi connectivity index (χ0n) is 14.9. The molecule has 10 nitrogen and oxygen atoms in total. The topological polar surface area (TPSA) is 129 Å². The lowest BCUT2D eigenvalue weighted by molar-refractivity contribution is -0.146. The number of imidazole rings is 1. The molecule has 0 aliphatic carbocycles. The Labute approximate surface area is 159 Å². The van der Waals surface area contributed by atoms with E-state index in [4.69, 9.17) is 5.84 Å². The molecule has 0 fully saturated rings. The fourth-order valence-electron chi connectivity index (χ4n) is 2.64. The predicted octanol–water partition coefficient (Wildman–Crippen LogP) is 0.840. The first-order valence-electron chi connectivity index (χ1n) is 8.24. The third kappa shape index (κ3) is 3.50. The number of nitrogen functional groups attached to an aromatic ring is 1. The van der Waals surface area contributed by atoms with Crippen LogP contribution in [-0.2, 0) is 25.5 Å². The van der Waals surface area contributed by atoms with E-state index in [1.165, 1.54) is 9.13 Å². The summed E-state index contributed by atoms with van der Waals surface area (Å²) in [7, 11) is 1.59. The summed E-state index contributed by atoms with van der Waals surface area (Å²) in [6.07, 6.45) is -3.16. The number of rotatable bonds is 6. The Morgan fingerprint density at radius 1 is 1.25 bits per heavy atom. The fourth-order valence-corrected chi connectivity index (χ4v) is 3.48. The van der Waals surface area contributed by atoms with Gasteiger partial charge in [-0.05, 0) is 6.42 Å². The molecule has 0 saturated heterocycles. The van der Waals surface area contributed by atoms with Crippen LogP contribution in [0.25, 0.3) is 11.2 Å². The second-order valence-corrected chi connectivity index (χ2v) is 6.93. The maximum atomic E-state index is 12.8. The van der Waals surface area contributed by atoms with Gasteiger partial charge < -0.3 is 10.4 Å². The van der Waals surface area contributed by atoms with Crippen LogP contribution in [0.3, 0.4) is 0 Å². The Morgan fingerprint density at radius 2 is 1.96 bits per heavy atom. The largest absolute Gasteiger partial charge is 0.453 e. The average molecular weight is 418 g/mol. The van der Waals surface area contributed by atoms with Crippen LogP contribution < -0.4 is 17.1 Å². The van der Waals surface area contributed by atoms with Crippen LogP contribution in [0.15, 0.2) is 14.7 Å². The number of aryl methyl sites for hydroxylation is 2. The van der Waals surface area contributed by atoms with Gasteiger partial charge in [0.05, 0.1) is 5.75 Å². The van der Waals surface area contributed by atoms with Crippen LogP contribution >= 0.6 is 11.8 Å². The van der Waals surface area contributed by atoms with E-state index in [0.717, 1.165) is 24.6 Å². The molecule has 3 heterocycles. The van der Waals surface area contributed by atoms with Gasteiger partial charge in [0.1, 0.15) is 5.82 Å². The van der Waals surface area contributed by atoms with E-state index in [1.807, 2.05) is 6.92 Å². The summed E-state index contributed by atoms with van der Waals surface area (Å²) in [4.78, 5) is 30.9. The third-order valence-corrected chi connectivity index (χ3v) is 5.03. The summed E-state index contributed by atoms with van der Waals surface area (Å²) in [5.41, 5.74) is -0.706. The van der Waals surface area contributed by atoms with Crippen LogP contribution in [-0.4, -0.2) is 34.0 Å². The second kappa shape index (κ2) is 7.33. The van der Waals surface area contributed by atoms with E-state index in [9.17, 15) is 22.8 Å². The Bertz CT molecular complexity index is 1130. The molecule has 0 amide bonds. The van der Waals surface area contributed by atoms with Gasteiger partial charge in [-0.15, -0.1) is 10.2 Å². The molecule has 3 rings (SSSR count). The number of halogens is 3. The summed E-state index contributed by atoms with van der Waals surface area (Å²) >= 11 is 0.882. The molecule has 0 radical (unpaired) electrons. The molecule has 28 heavy (non-hydrogen) atoms. The SMILES string of the molecule is CCCCn1c(=O)[nH]c(=O)c2c1nc(CSc1nnc(C(F)(F)F)n1N)n2C. The normalized spacial score (nSPS) is 12.2. The van der Waals surface area contributed by atoms with Crippen LogP contribution in [0.2, 0.25) is 0 Å². The van der Waals surface area contributed by atoms with Gasteiger partial charge >= 0.3 is 11.9 Å². The Balaban J connectivity index is 1.96. The lowest BCUT2D eigenvalue weighted by atomic mass is 10.3. The summed E-state index contributed by atoms with van der Waals surface area (Å²) < 4.78 is 41.5. The van der Waals surface area contributed by atoms with Crippen molar-refractivity contribution in [1.82, 2.24) is 34.0 Å². The van der Waals surface area contributed by atoms with Gasteiger partial charge in [0, 0.05) is 13.6 Å². The number of hydrogen-bond acceptors (Lipinski definition) is 7. The van der Waals surface area contributed by atoms with Crippen molar-refractivity contribution in [1.29, 1.82) is 0 Å². The standard InChI is InChI=1S/C14H17F3N8O2S/c1-3-4-5-24-9-8(10(26)20-12(24)27)23(2)7(19-9)6-28-13-22-21-11(25(13)18)14(15,16)17/h3-6,18H2,1-2H3,(H,20,26,27). The van der Waals surface area contributed by atoms with Crippen molar-refractivity contribution in [3.8, 4) is 0 Å². The number of nitrogens with one attached hydrogen (secondary N) is 1. The van der Waals surface area contributed by atoms with Crippen LogP contribution in [0, 0.1) is 0 Å². The minimum absolute atomic E-state index is 0.0692. The van der Waals surface area contributed by atoms with Crippen molar-refractivity contribution in [3.63, 3.8) is 0 Å². The molecule has 152 valence electrons. The van der Waals surface area contributed by atoms with Crippen molar-refractivity contribution in [2.75, 3.05) is 5.84 Å².